The Morgan fingerprint density at radius 1 is 1.26 bits per heavy atom. The second-order valence-corrected chi connectivity index (χ2v) is 4.33. The van der Waals surface area contributed by atoms with Crippen molar-refractivity contribution in [2.45, 2.75) is 6.18 Å². The first-order valence-corrected chi connectivity index (χ1v) is 5.53. The van der Waals surface area contributed by atoms with Crippen LogP contribution >= 0.6 is 23.2 Å². The summed E-state index contributed by atoms with van der Waals surface area (Å²) in [5, 5.41) is 2.51. The van der Waals surface area contributed by atoms with E-state index < -0.39 is 27.6 Å². The van der Waals surface area contributed by atoms with Gasteiger partial charge in [0.15, 0.2) is 5.82 Å². The number of anilines is 1. The van der Waals surface area contributed by atoms with Gasteiger partial charge >= 0.3 is 6.18 Å². The van der Waals surface area contributed by atoms with Gasteiger partial charge in [-0.15, -0.1) is 0 Å². The van der Waals surface area contributed by atoms with Crippen molar-refractivity contribution in [1.82, 2.24) is 9.78 Å². The third kappa shape index (κ3) is 2.35. The fourth-order valence-corrected chi connectivity index (χ4v) is 2.10. The van der Waals surface area contributed by atoms with Crippen molar-refractivity contribution in [3.05, 3.63) is 39.8 Å². The average molecular weight is 314 g/mol. The molecule has 102 valence electrons. The minimum atomic E-state index is -4.90. The normalized spacial score (nSPS) is 11.9. The molecule has 0 bridgehead atoms. The van der Waals surface area contributed by atoms with Crippen LogP contribution in [0.5, 0.6) is 0 Å². The smallest absolute Gasteiger partial charge is 0.384 e. The van der Waals surface area contributed by atoms with E-state index in [9.17, 15) is 17.6 Å². The van der Waals surface area contributed by atoms with E-state index in [4.69, 9.17) is 28.9 Å². The van der Waals surface area contributed by atoms with Gasteiger partial charge in [-0.1, -0.05) is 23.2 Å². The van der Waals surface area contributed by atoms with Crippen molar-refractivity contribution >= 4 is 29.0 Å². The number of rotatable bonds is 1. The maximum Gasteiger partial charge on any atom is 0.419 e. The van der Waals surface area contributed by atoms with Gasteiger partial charge in [-0.25, -0.2) is 9.07 Å². The predicted octanol–water partition coefficient (Wildman–Crippen LogP) is 3.92. The average Bonchev–Trinajstić information content (AvgIpc) is 2.69. The first-order valence-electron chi connectivity index (χ1n) is 4.78. The number of nitrogen functional groups attached to an aromatic ring is 1. The van der Waals surface area contributed by atoms with Gasteiger partial charge in [0.1, 0.15) is 16.5 Å². The Morgan fingerprint density at radius 2 is 1.89 bits per heavy atom. The Morgan fingerprint density at radius 3 is 2.37 bits per heavy atom. The molecule has 3 nitrogen and oxygen atoms in total. The number of aromatic nitrogens is 2. The molecule has 0 aliphatic carbocycles. The van der Waals surface area contributed by atoms with E-state index in [1.807, 2.05) is 0 Å². The topological polar surface area (TPSA) is 43.8 Å². The number of hydrogen-bond acceptors (Lipinski definition) is 2. The molecule has 9 heteroatoms. The Kier molecular flexibility index (Phi) is 3.36. The molecule has 2 rings (SSSR count). The molecule has 0 fully saturated rings. The molecule has 0 aliphatic heterocycles. The summed E-state index contributed by atoms with van der Waals surface area (Å²) >= 11 is 11.3. The van der Waals surface area contributed by atoms with Crippen LogP contribution < -0.4 is 5.73 Å². The molecule has 19 heavy (non-hydrogen) atoms. The Labute approximate surface area is 114 Å². The molecule has 0 atom stereocenters. The summed E-state index contributed by atoms with van der Waals surface area (Å²) in [6.45, 7) is 0. The van der Waals surface area contributed by atoms with E-state index in [1.165, 1.54) is 12.3 Å². The van der Waals surface area contributed by atoms with Gasteiger partial charge in [0, 0.05) is 6.07 Å². The zero-order chi connectivity index (χ0) is 14.4. The SMILES string of the molecule is Nc1ccnn1-c1c(Cl)cc(C(F)(F)F)c(F)c1Cl. The monoisotopic (exact) mass is 313 g/mol. The fraction of sp³-hybridized carbons (Fsp3) is 0.100. The van der Waals surface area contributed by atoms with Crippen LogP contribution in [0.15, 0.2) is 18.3 Å². The van der Waals surface area contributed by atoms with Crippen LogP contribution in [-0.4, -0.2) is 9.78 Å². The zero-order valence-corrected chi connectivity index (χ0v) is 10.5. The molecule has 1 aromatic carbocycles. The summed E-state index contributed by atoms with van der Waals surface area (Å²) in [6, 6.07) is 1.81. The molecule has 0 spiro atoms. The second-order valence-electron chi connectivity index (χ2n) is 3.55. The second kappa shape index (κ2) is 4.57. The number of benzene rings is 1. The summed E-state index contributed by atoms with van der Waals surface area (Å²) in [5.74, 6) is -1.56. The maximum atomic E-state index is 13.7. The number of halogens is 6. The molecule has 0 saturated heterocycles. The van der Waals surface area contributed by atoms with Gasteiger partial charge in [-0.3, -0.25) is 0 Å². The fourth-order valence-electron chi connectivity index (χ4n) is 1.49. The highest BCUT2D eigenvalue weighted by molar-refractivity contribution is 6.38. The van der Waals surface area contributed by atoms with Crippen LogP contribution in [0.1, 0.15) is 5.56 Å². The van der Waals surface area contributed by atoms with Crippen molar-refractivity contribution in [3.63, 3.8) is 0 Å². The van der Waals surface area contributed by atoms with E-state index in [0.717, 1.165) is 4.68 Å². The Bertz CT molecular complexity index is 636. The third-order valence-electron chi connectivity index (χ3n) is 2.32. The van der Waals surface area contributed by atoms with E-state index in [2.05, 4.69) is 5.10 Å². The summed E-state index contributed by atoms with van der Waals surface area (Å²) < 4.78 is 52.3. The summed E-state index contributed by atoms with van der Waals surface area (Å²) in [5.41, 5.74) is 3.74. The summed E-state index contributed by atoms with van der Waals surface area (Å²) in [6.07, 6.45) is -3.62. The lowest BCUT2D eigenvalue weighted by molar-refractivity contribution is -0.139. The lowest BCUT2D eigenvalue weighted by Crippen LogP contribution is -2.11. The number of hydrogen-bond donors (Lipinski definition) is 1. The quantitative estimate of drug-likeness (QED) is 0.640. The van der Waals surface area contributed by atoms with Crippen LogP contribution in [0, 0.1) is 5.82 Å². The van der Waals surface area contributed by atoms with Gasteiger partial charge in [0.2, 0.25) is 0 Å². The number of nitrogens with zero attached hydrogens (tertiary/aromatic N) is 2. The molecule has 0 unspecified atom stereocenters. The lowest BCUT2D eigenvalue weighted by Gasteiger charge is -2.14. The largest absolute Gasteiger partial charge is 0.419 e. The van der Waals surface area contributed by atoms with Gasteiger partial charge in [-0.2, -0.15) is 18.3 Å². The third-order valence-corrected chi connectivity index (χ3v) is 2.96. The van der Waals surface area contributed by atoms with Gasteiger partial charge in [0.05, 0.1) is 16.8 Å². The highest BCUT2D eigenvalue weighted by Crippen LogP contribution is 2.40. The Balaban J connectivity index is 2.74. The van der Waals surface area contributed by atoms with E-state index in [1.54, 1.807) is 0 Å². The van der Waals surface area contributed by atoms with Crippen molar-refractivity contribution in [2.75, 3.05) is 5.73 Å². The zero-order valence-electron chi connectivity index (χ0n) is 8.97. The van der Waals surface area contributed by atoms with E-state index in [0.29, 0.717) is 6.07 Å². The molecule has 0 amide bonds. The van der Waals surface area contributed by atoms with Crippen LogP contribution in [0.3, 0.4) is 0 Å². The number of alkyl halides is 3. The lowest BCUT2D eigenvalue weighted by atomic mass is 10.2. The molecule has 0 aliphatic rings. The minimum Gasteiger partial charge on any atom is -0.384 e. The van der Waals surface area contributed by atoms with Crippen LogP contribution in [0.4, 0.5) is 23.4 Å². The maximum absolute atomic E-state index is 13.7. The molecular formula is C10H5Cl2F4N3. The van der Waals surface area contributed by atoms with Crippen molar-refractivity contribution in [3.8, 4) is 5.69 Å². The summed E-state index contributed by atoms with van der Waals surface area (Å²) in [7, 11) is 0. The first kappa shape index (κ1) is 14.0. The van der Waals surface area contributed by atoms with Crippen LogP contribution in [-0.2, 0) is 6.18 Å². The van der Waals surface area contributed by atoms with Gasteiger partial charge in [-0.05, 0) is 6.07 Å². The molecule has 1 aromatic heterocycles. The van der Waals surface area contributed by atoms with Crippen molar-refractivity contribution < 1.29 is 17.6 Å². The first-order chi connectivity index (χ1) is 8.73. The highest BCUT2D eigenvalue weighted by Gasteiger charge is 2.37. The molecule has 0 radical (unpaired) electrons. The highest BCUT2D eigenvalue weighted by atomic mass is 35.5. The predicted molar refractivity (Wildman–Crippen MR) is 63.0 cm³/mol. The summed E-state index contributed by atoms with van der Waals surface area (Å²) in [4.78, 5) is 0. The molecule has 2 N–H and O–H groups in total. The van der Waals surface area contributed by atoms with Gasteiger partial charge in [0.25, 0.3) is 0 Å². The van der Waals surface area contributed by atoms with Crippen molar-refractivity contribution in [1.29, 1.82) is 0 Å². The molecule has 1 heterocycles. The van der Waals surface area contributed by atoms with E-state index in [-0.39, 0.29) is 11.5 Å². The van der Waals surface area contributed by atoms with E-state index >= 15 is 0 Å². The molecule has 2 aromatic rings. The molecule has 0 saturated carbocycles. The molecular weight excluding hydrogens is 309 g/mol. The number of nitrogens with two attached hydrogens (primary N) is 1. The minimum absolute atomic E-state index is 0.0583. The Hall–Kier alpha value is -1.47. The standard InChI is InChI=1S/C10H5Cl2F4N3/c11-5-3-4(10(14,15)16)8(13)7(12)9(5)19-6(17)1-2-18-19/h1-3H,17H2. The van der Waals surface area contributed by atoms with Gasteiger partial charge < -0.3 is 5.73 Å². The van der Waals surface area contributed by atoms with Crippen LogP contribution in [0.25, 0.3) is 5.69 Å². The van der Waals surface area contributed by atoms with Crippen LogP contribution in [0.2, 0.25) is 10.0 Å². The van der Waals surface area contributed by atoms with Crippen molar-refractivity contribution in [2.24, 2.45) is 0 Å².